The molecule has 32 heavy (non-hydrogen) atoms. The number of nitrogens with zero attached hydrogens (tertiary/aromatic N) is 5. The minimum Gasteiger partial charge on any atom is -0.495 e. The fourth-order valence-corrected chi connectivity index (χ4v) is 4.36. The number of hydrogen-bond acceptors (Lipinski definition) is 7. The first kappa shape index (κ1) is 21.8. The molecule has 1 aliphatic heterocycles. The quantitative estimate of drug-likeness (QED) is 0.654. The highest BCUT2D eigenvalue weighted by Gasteiger charge is 2.21. The van der Waals surface area contributed by atoms with Gasteiger partial charge in [0.05, 0.1) is 36.0 Å². The molecule has 0 bridgehead atoms. The Morgan fingerprint density at radius 1 is 1.12 bits per heavy atom. The summed E-state index contributed by atoms with van der Waals surface area (Å²) < 4.78 is 5.74. The Morgan fingerprint density at radius 2 is 1.88 bits per heavy atom. The molecule has 0 spiro atoms. The number of rotatable bonds is 5. The summed E-state index contributed by atoms with van der Waals surface area (Å²) in [6, 6.07) is 12.3. The Balaban J connectivity index is 1.76. The Hall–Kier alpha value is -3.37. The molecule has 0 radical (unpaired) electrons. The minimum absolute atomic E-state index is 0.0185. The first-order chi connectivity index (χ1) is 15.4. The van der Waals surface area contributed by atoms with Gasteiger partial charge in [-0.25, -0.2) is 9.97 Å². The summed E-state index contributed by atoms with van der Waals surface area (Å²) in [7, 11) is 3.86. The van der Waals surface area contributed by atoms with E-state index in [4.69, 9.17) is 9.72 Å². The highest BCUT2D eigenvalue weighted by atomic mass is 16.5. The average molecular weight is 431 g/mol. The molecule has 1 saturated heterocycles. The van der Waals surface area contributed by atoms with Crippen LogP contribution in [0.5, 0.6) is 5.75 Å². The number of benzene rings is 2. The Labute approximate surface area is 189 Å². The zero-order valence-electron chi connectivity index (χ0n) is 19.4. The molecule has 1 fully saturated rings. The van der Waals surface area contributed by atoms with Crippen molar-refractivity contribution in [3.63, 3.8) is 0 Å². The zero-order valence-corrected chi connectivity index (χ0v) is 19.4. The van der Waals surface area contributed by atoms with E-state index in [1.165, 1.54) is 0 Å². The summed E-state index contributed by atoms with van der Waals surface area (Å²) in [5.74, 6) is 2.32. The second-order valence-electron chi connectivity index (χ2n) is 8.45. The molecule has 3 aromatic rings. The lowest BCUT2D eigenvalue weighted by atomic mass is 9.98. The van der Waals surface area contributed by atoms with Crippen molar-refractivity contribution in [3.8, 4) is 11.8 Å². The smallest absolute Gasteiger partial charge is 0.144 e. The third-order valence-corrected chi connectivity index (χ3v) is 6.27. The molecule has 1 atom stereocenters. The molecular weight excluding hydrogens is 400 g/mol. The number of nitriles is 1. The van der Waals surface area contributed by atoms with E-state index in [0.29, 0.717) is 11.4 Å². The van der Waals surface area contributed by atoms with Gasteiger partial charge in [0.15, 0.2) is 0 Å². The summed E-state index contributed by atoms with van der Waals surface area (Å²) >= 11 is 0. The number of nitrogens with one attached hydrogen (secondary N) is 1. The largest absolute Gasteiger partial charge is 0.495 e. The van der Waals surface area contributed by atoms with Gasteiger partial charge < -0.3 is 19.9 Å². The van der Waals surface area contributed by atoms with Gasteiger partial charge in [0.25, 0.3) is 0 Å². The monoisotopic (exact) mass is 430 g/mol. The van der Waals surface area contributed by atoms with Crippen LogP contribution >= 0.6 is 0 Å². The SMILES string of the molecule is COc1cc2nc(C)nc(NC(C)c3cccc(C#N)c3C)c2cc1N1CCN(C)CC1. The van der Waals surface area contributed by atoms with Crippen LogP contribution in [0, 0.1) is 25.2 Å². The lowest BCUT2D eigenvalue weighted by molar-refractivity contribution is 0.311. The van der Waals surface area contributed by atoms with Crippen molar-refractivity contribution >= 4 is 22.4 Å². The molecule has 7 nitrogen and oxygen atoms in total. The van der Waals surface area contributed by atoms with Gasteiger partial charge in [0.1, 0.15) is 17.4 Å². The van der Waals surface area contributed by atoms with Crippen molar-refractivity contribution in [1.29, 1.82) is 5.26 Å². The molecular formula is C25H30N6O. The number of hydrogen-bond donors (Lipinski definition) is 1. The molecule has 1 aromatic heterocycles. The molecule has 1 unspecified atom stereocenters. The van der Waals surface area contributed by atoms with E-state index in [1.54, 1.807) is 7.11 Å². The number of anilines is 2. The number of methoxy groups -OCH3 is 1. The van der Waals surface area contributed by atoms with Crippen molar-refractivity contribution in [1.82, 2.24) is 14.9 Å². The van der Waals surface area contributed by atoms with Gasteiger partial charge in [-0.3, -0.25) is 0 Å². The first-order valence-electron chi connectivity index (χ1n) is 11.0. The number of fused-ring (bicyclic) bond motifs is 1. The molecule has 166 valence electrons. The molecule has 4 rings (SSSR count). The van der Waals surface area contributed by atoms with Crippen molar-refractivity contribution in [3.05, 3.63) is 52.8 Å². The van der Waals surface area contributed by atoms with Crippen LogP contribution in [0.2, 0.25) is 0 Å². The first-order valence-corrected chi connectivity index (χ1v) is 11.0. The fraction of sp³-hybridized carbons (Fsp3) is 0.400. The summed E-state index contributed by atoms with van der Waals surface area (Å²) in [5.41, 5.74) is 4.69. The van der Waals surface area contributed by atoms with Crippen LogP contribution in [0.4, 0.5) is 11.5 Å². The van der Waals surface area contributed by atoms with Crippen LogP contribution in [-0.4, -0.2) is 55.2 Å². The molecule has 0 amide bonds. The fourth-order valence-electron chi connectivity index (χ4n) is 4.36. The maximum Gasteiger partial charge on any atom is 0.144 e. The lowest BCUT2D eigenvalue weighted by Gasteiger charge is -2.35. The van der Waals surface area contributed by atoms with Crippen LogP contribution in [0.15, 0.2) is 30.3 Å². The average Bonchev–Trinajstić information content (AvgIpc) is 2.78. The third-order valence-electron chi connectivity index (χ3n) is 6.27. The van der Waals surface area contributed by atoms with E-state index in [9.17, 15) is 5.26 Å². The Morgan fingerprint density at radius 3 is 2.56 bits per heavy atom. The Bertz CT molecular complexity index is 1180. The Kier molecular flexibility index (Phi) is 6.15. The molecule has 1 N–H and O–H groups in total. The van der Waals surface area contributed by atoms with Crippen LogP contribution in [-0.2, 0) is 0 Å². The van der Waals surface area contributed by atoms with E-state index in [0.717, 1.165) is 65.5 Å². The summed E-state index contributed by atoms with van der Waals surface area (Å²) in [5, 5.41) is 13.9. The van der Waals surface area contributed by atoms with Gasteiger partial charge in [-0.1, -0.05) is 12.1 Å². The van der Waals surface area contributed by atoms with Gasteiger partial charge in [-0.2, -0.15) is 5.26 Å². The molecule has 2 heterocycles. The van der Waals surface area contributed by atoms with Gasteiger partial charge in [0.2, 0.25) is 0 Å². The maximum atomic E-state index is 9.40. The third kappa shape index (κ3) is 4.19. The number of ether oxygens (including phenoxy) is 1. The van der Waals surface area contributed by atoms with Gasteiger partial charge >= 0.3 is 0 Å². The van der Waals surface area contributed by atoms with Crippen LogP contribution < -0.4 is 15.0 Å². The lowest BCUT2D eigenvalue weighted by Crippen LogP contribution is -2.44. The van der Waals surface area contributed by atoms with Gasteiger partial charge in [-0.15, -0.1) is 0 Å². The highest BCUT2D eigenvalue weighted by Crippen LogP contribution is 2.36. The van der Waals surface area contributed by atoms with E-state index in [1.807, 2.05) is 32.0 Å². The molecule has 0 aliphatic carbocycles. The number of aryl methyl sites for hydroxylation is 1. The molecule has 0 saturated carbocycles. The van der Waals surface area contributed by atoms with E-state index >= 15 is 0 Å². The second-order valence-corrected chi connectivity index (χ2v) is 8.45. The molecule has 7 heteroatoms. The maximum absolute atomic E-state index is 9.40. The van der Waals surface area contributed by atoms with Gasteiger partial charge in [-0.05, 0) is 51.1 Å². The minimum atomic E-state index is -0.0185. The van der Waals surface area contributed by atoms with Crippen molar-refractivity contribution in [2.45, 2.75) is 26.8 Å². The highest BCUT2D eigenvalue weighted by molar-refractivity contribution is 5.94. The van der Waals surface area contributed by atoms with Crippen LogP contribution in [0.25, 0.3) is 10.9 Å². The predicted octanol–water partition coefficient (Wildman–Crippen LogP) is 4.05. The van der Waals surface area contributed by atoms with Crippen molar-refractivity contribution < 1.29 is 4.74 Å². The topological polar surface area (TPSA) is 77.3 Å². The van der Waals surface area contributed by atoms with Crippen molar-refractivity contribution in [2.75, 3.05) is 50.6 Å². The number of aromatic nitrogens is 2. The zero-order chi connectivity index (χ0) is 22.8. The standard InChI is InChI=1S/C25H30N6O/c1-16-19(15-26)7-6-8-20(16)17(2)27-25-21-13-23(31-11-9-30(4)10-12-31)24(32-5)14-22(21)28-18(3)29-25/h6-8,13-14,17H,9-12H2,1-5H3,(H,27,28,29). The van der Waals surface area contributed by atoms with Crippen LogP contribution in [0.1, 0.15) is 35.5 Å². The van der Waals surface area contributed by atoms with Gasteiger partial charge in [0, 0.05) is 37.6 Å². The summed E-state index contributed by atoms with van der Waals surface area (Å²) in [6.07, 6.45) is 0. The van der Waals surface area contributed by atoms with Crippen LogP contribution in [0.3, 0.4) is 0 Å². The number of likely N-dealkylation sites (N-methyl/N-ethyl adjacent to an activating group) is 1. The van der Waals surface area contributed by atoms with E-state index in [2.05, 4.69) is 52.3 Å². The number of piperazine rings is 1. The van der Waals surface area contributed by atoms with E-state index in [-0.39, 0.29) is 6.04 Å². The second kappa shape index (κ2) is 9.01. The molecule has 1 aliphatic rings. The normalized spacial score (nSPS) is 15.4. The molecule has 2 aromatic carbocycles. The summed E-state index contributed by atoms with van der Waals surface area (Å²) in [4.78, 5) is 14.1. The van der Waals surface area contributed by atoms with E-state index < -0.39 is 0 Å². The summed E-state index contributed by atoms with van der Waals surface area (Å²) in [6.45, 7) is 9.92. The van der Waals surface area contributed by atoms with Crippen molar-refractivity contribution in [2.24, 2.45) is 0 Å². The predicted molar refractivity (Wildman–Crippen MR) is 128 cm³/mol.